The standard InChI is InChI=1S/C20H23N5O/c1-14-5-7-15(8-6-14)13-25-11-3-4-17(25)20-23-19(24-26-20)16-9-10-18(21-2)22-12-16/h5-10,12,17H,3-4,11,13H2,1-2H3,(H,21,22). The molecular formula is C20H23N5O. The lowest BCUT2D eigenvalue weighted by molar-refractivity contribution is 0.201. The molecule has 134 valence electrons. The summed E-state index contributed by atoms with van der Waals surface area (Å²) < 4.78 is 5.60. The van der Waals surface area contributed by atoms with Gasteiger partial charge in [-0.3, -0.25) is 4.90 Å². The molecule has 4 rings (SSSR count). The second kappa shape index (κ2) is 7.25. The van der Waals surface area contributed by atoms with Gasteiger partial charge in [-0.15, -0.1) is 0 Å². The molecule has 26 heavy (non-hydrogen) atoms. The summed E-state index contributed by atoms with van der Waals surface area (Å²) in [5.41, 5.74) is 3.46. The number of anilines is 1. The van der Waals surface area contributed by atoms with E-state index in [9.17, 15) is 0 Å². The second-order valence-electron chi connectivity index (χ2n) is 6.75. The van der Waals surface area contributed by atoms with Crippen molar-refractivity contribution in [1.29, 1.82) is 0 Å². The van der Waals surface area contributed by atoms with Crippen LogP contribution in [0.4, 0.5) is 5.82 Å². The van der Waals surface area contributed by atoms with E-state index in [1.807, 2.05) is 19.2 Å². The molecule has 0 amide bonds. The molecule has 6 nitrogen and oxygen atoms in total. The van der Waals surface area contributed by atoms with Gasteiger partial charge in [0.2, 0.25) is 11.7 Å². The quantitative estimate of drug-likeness (QED) is 0.755. The number of pyridine rings is 1. The summed E-state index contributed by atoms with van der Waals surface area (Å²) in [5.74, 6) is 2.11. The van der Waals surface area contributed by atoms with Crippen molar-refractivity contribution in [2.75, 3.05) is 18.9 Å². The molecule has 1 saturated heterocycles. The number of hydrogen-bond donors (Lipinski definition) is 1. The zero-order chi connectivity index (χ0) is 17.9. The number of hydrogen-bond acceptors (Lipinski definition) is 6. The number of likely N-dealkylation sites (tertiary alicyclic amines) is 1. The average Bonchev–Trinajstić information content (AvgIpc) is 3.33. The minimum atomic E-state index is 0.182. The van der Waals surface area contributed by atoms with E-state index >= 15 is 0 Å². The Bertz CT molecular complexity index is 857. The van der Waals surface area contributed by atoms with Gasteiger partial charge in [-0.2, -0.15) is 4.98 Å². The van der Waals surface area contributed by atoms with Crippen molar-refractivity contribution >= 4 is 5.82 Å². The molecule has 1 aliphatic rings. The molecule has 1 N–H and O–H groups in total. The fourth-order valence-electron chi connectivity index (χ4n) is 3.38. The van der Waals surface area contributed by atoms with Crippen molar-refractivity contribution in [3.63, 3.8) is 0 Å². The molecule has 1 atom stereocenters. The molecule has 1 aliphatic heterocycles. The topological polar surface area (TPSA) is 67.1 Å². The SMILES string of the molecule is CNc1ccc(-c2noc(C3CCCN3Cc3ccc(C)cc3)n2)cn1. The van der Waals surface area contributed by atoms with Gasteiger partial charge in [0.05, 0.1) is 6.04 Å². The lowest BCUT2D eigenvalue weighted by Crippen LogP contribution is -2.23. The normalized spacial score (nSPS) is 17.5. The van der Waals surface area contributed by atoms with Gasteiger partial charge in [-0.1, -0.05) is 35.0 Å². The van der Waals surface area contributed by atoms with Crippen LogP contribution in [0.3, 0.4) is 0 Å². The predicted molar refractivity (Wildman–Crippen MR) is 101 cm³/mol. The number of nitrogens with one attached hydrogen (secondary N) is 1. The van der Waals surface area contributed by atoms with E-state index in [0.717, 1.165) is 37.3 Å². The van der Waals surface area contributed by atoms with Gasteiger partial charge in [0, 0.05) is 25.4 Å². The number of nitrogens with zero attached hydrogens (tertiary/aromatic N) is 4. The zero-order valence-corrected chi connectivity index (χ0v) is 15.1. The highest BCUT2D eigenvalue weighted by Gasteiger charge is 2.30. The third-order valence-corrected chi connectivity index (χ3v) is 4.87. The van der Waals surface area contributed by atoms with Crippen LogP contribution in [0.1, 0.15) is 35.9 Å². The van der Waals surface area contributed by atoms with Gasteiger partial charge in [-0.05, 0) is 44.0 Å². The zero-order valence-electron chi connectivity index (χ0n) is 15.1. The van der Waals surface area contributed by atoms with Crippen LogP contribution in [-0.4, -0.2) is 33.6 Å². The Morgan fingerprint density at radius 3 is 2.77 bits per heavy atom. The molecule has 3 heterocycles. The smallest absolute Gasteiger partial charge is 0.244 e. The van der Waals surface area contributed by atoms with Crippen molar-refractivity contribution in [2.45, 2.75) is 32.4 Å². The van der Waals surface area contributed by atoms with Crippen LogP contribution in [0.15, 0.2) is 47.1 Å². The van der Waals surface area contributed by atoms with Crippen molar-refractivity contribution in [1.82, 2.24) is 20.0 Å². The van der Waals surface area contributed by atoms with E-state index in [0.29, 0.717) is 11.7 Å². The van der Waals surface area contributed by atoms with E-state index in [4.69, 9.17) is 4.52 Å². The Morgan fingerprint density at radius 2 is 2.04 bits per heavy atom. The summed E-state index contributed by atoms with van der Waals surface area (Å²) in [6, 6.07) is 12.7. The van der Waals surface area contributed by atoms with Crippen molar-refractivity contribution in [3.05, 3.63) is 59.6 Å². The van der Waals surface area contributed by atoms with Crippen LogP contribution in [0, 0.1) is 6.92 Å². The van der Waals surface area contributed by atoms with Gasteiger partial charge >= 0.3 is 0 Å². The van der Waals surface area contributed by atoms with E-state index in [-0.39, 0.29) is 6.04 Å². The van der Waals surface area contributed by atoms with E-state index < -0.39 is 0 Å². The van der Waals surface area contributed by atoms with Crippen LogP contribution in [-0.2, 0) is 6.54 Å². The maximum absolute atomic E-state index is 5.60. The Labute approximate surface area is 153 Å². The minimum Gasteiger partial charge on any atom is -0.373 e. The number of benzene rings is 1. The average molecular weight is 349 g/mol. The van der Waals surface area contributed by atoms with Gasteiger partial charge in [0.25, 0.3) is 0 Å². The van der Waals surface area contributed by atoms with Gasteiger partial charge in [-0.25, -0.2) is 4.98 Å². The molecule has 1 aromatic carbocycles. The molecule has 0 radical (unpaired) electrons. The highest BCUT2D eigenvalue weighted by Crippen LogP contribution is 2.33. The van der Waals surface area contributed by atoms with E-state index in [2.05, 4.69) is 56.5 Å². The Morgan fingerprint density at radius 1 is 1.19 bits per heavy atom. The summed E-state index contributed by atoms with van der Waals surface area (Å²) in [6.07, 6.45) is 3.95. The highest BCUT2D eigenvalue weighted by atomic mass is 16.5. The maximum atomic E-state index is 5.60. The van der Waals surface area contributed by atoms with Gasteiger partial charge < -0.3 is 9.84 Å². The van der Waals surface area contributed by atoms with Crippen LogP contribution in [0.5, 0.6) is 0 Å². The number of aromatic nitrogens is 3. The van der Waals surface area contributed by atoms with Crippen LogP contribution in [0.25, 0.3) is 11.4 Å². The Balaban J connectivity index is 1.51. The third-order valence-electron chi connectivity index (χ3n) is 4.87. The molecule has 0 saturated carbocycles. The molecular weight excluding hydrogens is 326 g/mol. The summed E-state index contributed by atoms with van der Waals surface area (Å²) in [4.78, 5) is 11.4. The molecule has 2 aromatic heterocycles. The fourth-order valence-corrected chi connectivity index (χ4v) is 3.38. The van der Waals surface area contributed by atoms with E-state index in [1.54, 1.807) is 6.20 Å². The van der Waals surface area contributed by atoms with Crippen molar-refractivity contribution in [2.24, 2.45) is 0 Å². The summed E-state index contributed by atoms with van der Waals surface area (Å²) in [6.45, 7) is 4.07. The predicted octanol–water partition coefficient (Wildman–Crippen LogP) is 3.82. The molecule has 6 heteroatoms. The lowest BCUT2D eigenvalue weighted by Gasteiger charge is -2.21. The number of rotatable bonds is 5. The summed E-state index contributed by atoms with van der Waals surface area (Å²) in [5, 5.41) is 7.17. The molecule has 0 spiro atoms. The molecule has 0 aliphatic carbocycles. The summed E-state index contributed by atoms with van der Waals surface area (Å²) in [7, 11) is 1.84. The van der Waals surface area contributed by atoms with Crippen LogP contribution < -0.4 is 5.32 Å². The van der Waals surface area contributed by atoms with Crippen molar-refractivity contribution in [3.8, 4) is 11.4 Å². The Kier molecular flexibility index (Phi) is 4.67. The van der Waals surface area contributed by atoms with Gasteiger partial charge in [0.1, 0.15) is 5.82 Å². The first-order valence-corrected chi connectivity index (χ1v) is 9.00. The van der Waals surface area contributed by atoms with Gasteiger partial charge in [0.15, 0.2) is 0 Å². The molecule has 1 fully saturated rings. The first-order chi connectivity index (χ1) is 12.7. The van der Waals surface area contributed by atoms with E-state index in [1.165, 1.54) is 11.1 Å². The molecule has 0 bridgehead atoms. The molecule has 1 unspecified atom stereocenters. The maximum Gasteiger partial charge on any atom is 0.244 e. The monoisotopic (exact) mass is 349 g/mol. The van der Waals surface area contributed by atoms with Crippen LogP contribution >= 0.6 is 0 Å². The Hall–Kier alpha value is -2.73. The first kappa shape index (κ1) is 16.7. The lowest BCUT2D eigenvalue weighted by atomic mass is 10.1. The minimum absolute atomic E-state index is 0.182. The largest absolute Gasteiger partial charge is 0.373 e. The third kappa shape index (κ3) is 3.46. The van der Waals surface area contributed by atoms with Crippen molar-refractivity contribution < 1.29 is 4.52 Å². The number of aryl methyl sites for hydroxylation is 1. The second-order valence-corrected chi connectivity index (χ2v) is 6.75. The fraction of sp³-hybridized carbons (Fsp3) is 0.350. The van der Waals surface area contributed by atoms with Crippen LogP contribution in [0.2, 0.25) is 0 Å². The summed E-state index contributed by atoms with van der Waals surface area (Å²) >= 11 is 0. The molecule has 3 aromatic rings. The first-order valence-electron chi connectivity index (χ1n) is 9.00. The highest BCUT2D eigenvalue weighted by molar-refractivity contribution is 5.55.